The average Bonchev–Trinajstić information content (AvgIpc) is 2.76. The van der Waals surface area contributed by atoms with Crippen LogP contribution in [0.2, 0.25) is 0 Å². The van der Waals surface area contributed by atoms with Crippen LogP contribution in [0, 0.1) is 5.41 Å². The number of imidazole rings is 1. The average molecular weight is 269 g/mol. The van der Waals surface area contributed by atoms with E-state index in [0.717, 1.165) is 18.9 Å². The number of hydrogen-bond donors (Lipinski definition) is 1. The first-order valence-electron chi connectivity index (χ1n) is 7.28. The molecule has 0 amide bonds. The second kappa shape index (κ2) is 4.74. The largest absolute Gasteiger partial charge is 0.337 e. The fraction of sp³-hybridized carbons (Fsp3) is 0.471. The molecule has 2 aromatic rings. The molecule has 0 radical (unpaired) electrons. The predicted molar refractivity (Wildman–Crippen MR) is 81.4 cm³/mol. The maximum atomic E-state index is 4.37. The lowest BCUT2D eigenvalue weighted by Gasteiger charge is -2.22. The van der Waals surface area contributed by atoms with Gasteiger partial charge in [-0.3, -0.25) is 0 Å². The summed E-state index contributed by atoms with van der Waals surface area (Å²) in [4.78, 5) is 4.37. The summed E-state index contributed by atoms with van der Waals surface area (Å²) >= 11 is 0. The van der Waals surface area contributed by atoms with E-state index in [1.54, 1.807) is 0 Å². The van der Waals surface area contributed by atoms with E-state index in [2.05, 4.69) is 59.0 Å². The van der Waals surface area contributed by atoms with Crippen LogP contribution in [-0.2, 0) is 19.0 Å². The minimum Gasteiger partial charge on any atom is -0.337 e. The highest BCUT2D eigenvalue weighted by Gasteiger charge is 2.61. The van der Waals surface area contributed by atoms with Crippen molar-refractivity contribution in [3.05, 3.63) is 54.1 Å². The van der Waals surface area contributed by atoms with Gasteiger partial charge in [0.25, 0.3) is 0 Å². The highest BCUT2D eigenvalue weighted by molar-refractivity contribution is 5.37. The van der Waals surface area contributed by atoms with Crippen molar-refractivity contribution in [1.82, 2.24) is 14.9 Å². The molecule has 1 aliphatic rings. The Hall–Kier alpha value is -1.61. The van der Waals surface area contributed by atoms with E-state index in [9.17, 15) is 0 Å². The van der Waals surface area contributed by atoms with E-state index in [4.69, 9.17) is 0 Å². The molecule has 1 heterocycles. The number of aromatic nitrogens is 2. The van der Waals surface area contributed by atoms with Gasteiger partial charge in [-0.25, -0.2) is 4.98 Å². The van der Waals surface area contributed by atoms with Crippen LogP contribution in [0.5, 0.6) is 0 Å². The Morgan fingerprint density at radius 1 is 1.25 bits per heavy atom. The number of nitrogens with zero attached hydrogens (tertiary/aromatic N) is 2. The van der Waals surface area contributed by atoms with E-state index >= 15 is 0 Å². The summed E-state index contributed by atoms with van der Waals surface area (Å²) in [5.41, 5.74) is 2.11. The van der Waals surface area contributed by atoms with Crippen LogP contribution in [0.25, 0.3) is 0 Å². The molecule has 0 spiro atoms. The summed E-state index contributed by atoms with van der Waals surface area (Å²) in [5, 5.41) is 3.60. The molecule has 3 rings (SSSR count). The molecule has 1 saturated carbocycles. The zero-order chi connectivity index (χ0) is 14.2. The normalized spacial score (nSPS) is 23.8. The van der Waals surface area contributed by atoms with Gasteiger partial charge in [-0.15, -0.1) is 0 Å². The maximum Gasteiger partial charge on any atom is 0.122 e. The van der Waals surface area contributed by atoms with E-state index in [1.165, 1.54) is 12.0 Å². The molecule has 0 aliphatic heterocycles. The van der Waals surface area contributed by atoms with Crippen molar-refractivity contribution < 1.29 is 0 Å². The summed E-state index contributed by atoms with van der Waals surface area (Å²) < 4.78 is 2.07. The molecule has 1 N–H and O–H groups in total. The summed E-state index contributed by atoms with van der Waals surface area (Å²) in [7, 11) is 2.04. The van der Waals surface area contributed by atoms with Gasteiger partial charge in [0.05, 0.1) is 6.54 Å². The van der Waals surface area contributed by atoms with Crippen LogP contribution < -0.4 is 5.32 Å². The number of rotatable bonds is 5. The van der Waals surface area contributed by atoms with Gasteiger partial charge in [0.2, 0.25) is 0 Å². The lowest BCUT2D eigenvalue weighted by Crippen LogP contribution is -2.31. The van der Waals surface area contributed by atoms with E-state index in [0.29, 0.717) is 5.41 Å². The Bertz CT molecular complexity index is 585. The highest BCUT2D eigenvalue weighted by Crippen LogP contribution is 2.63. The molecule has 1 atom stereocenters. The third-order valence-corrected chi connectivity index (χ3v) is 4.87. The zero-order valence-electron chi connectivity index (χ0n) is 12.6. The molecular weight excluding hydrogens is 246 g/mol. The number of hydrogen-bond acceptors (Lipinski definition) is 2. The monoisotopic (exact) mass is 269 g/mol. The highest BCUT2D eigenvalue weighted by atomic mass is 15.1. The molecule has 1 fully saturated rings. The molecule has 3 heteroatoms. The minimum atomic E-state index is 0.277. The van der Waals surface area contributed by atoms with Crippen molar-refractivity contribution in [2.75, 3.05) is 6.54 Å². The topological polar surface area (TPSA) is 29.9 Å². The van der Waals surface area contributed by atoms with Gasteiger partial charge < -0.3 is 9.88 Å². The Labute approximate surface area is 121 Å². The van der Waals surface area contributed by atoms with Crippen molar-refractivity contribution in [3.63, 3.8) is 0 Å². The molecule has 20 heavy (non-hydrogen) atoms. The lowest BCUT2D eigenvalue weighted by atomic mass is 9.88. The van der Waals surface area contributed by atoms with Gasteiger partial charge in [0, 0.05) is 31.4 Å². The van der Waals surface area contributed by atoms with Gasteiger partial charge in [-0.05, 0) is 17.4 Å². The van der Waals surface area contributed by atoms with Gasteiger partial charge in [-0.1, -0.05) is 44.2 Å². The van der Waals surface area contributed by atoms with Crippen LogP contribution in [0.1, 0.15) is 31.7 Å². The van der Waals surface area contributed by atoms with E-state index in [1.807, 2.05) is 19.4 Å². The molecule has 1 aromatic heterocycles. The number of aryl methyl sites for hydroxylation is 1. The molecule has 0 bridgehead atoms. The zero-order valence-corrected chi connectivity index (χ0v) is 12.6. The second-order valence-corrected chi connectivity index (χ2v) is 6.57. The van der Waals surface area contributed by atoms with Crippen molar-refractivity contribution in [3.8, 4) is 0 Å². The van der Waals surface area contributed by atoms with Crippen LogP contribution >= 0.6 is 0 Å². The maximum absolute atomic E-state index is 4.37. The van der Waals surface area contributed by atoms with Gasteiger partial charge in [0.1, 0.15) is 5.82 Å². The predicted octanol–water partition coefficient (Wildman–Crippen LogP) is 2.88. The molecule has 3 nitrogen and oxygen atoms in total. The summed E-state index contributed by atoms with van der Waals surface area (Å²) in [6.07, 6.45) is 5.09. The van der Waals surface area contributed by atoms with E-state index < -0.39 is 0 Å². The molecule has 1 aromatic carbocycles. The third kappa shape index (κ3) is 2.16. The molecule has 1 aliphatic carbocycles. The third-order valence-electron chi connectivity index (χ3n) is 4.87. The molecule has 1 unspecified atom stereocenters. The van der Waals surface area contributed by atoms with Crippen LogP contribution in [0.15, 0.2) is 42.7 Å². The quantitative estimate of drug-likeness (QED) is 0.904. The Morgan fingerprint density at radius 2 is 1.95 bits per heavy atom. The van der Waals surface area contributed by atoms with Gasteiger partial charge >= 0.3 is 0 Å². The molecule has 0 saturated heterocycles. The first kappa shape index (κ1) is 13.4. The van der Waals surface area contributed by atoms with Crippen molar-refractivity contribution in [2.24, 2.45) is 12.5 Å². The summed E-state index contributed by atoms with van der Waals surface area (Å²) in [5.74, 6) is 1.09. The van der Waals surface area contributed by atoms with Crippen LogP contribution in [0.3, 0.4) is 0 Å². The standard InChI is InChI=1S/C17H23N3/c1-16(2)12-17(16,14-7-5-4-6-8-14)13-18-11-15-19-9-10-20(15)3/h4-10,18H,11-13H2,1-3H3. The van der Waals surface area contributed by atoms with E-state index in [-0.39, 0.29) is 5.41 Å². The fourth-order valence-corrected chi connectivity index (χ4v) is 3.32. The Balaban J connectivity index is 1.70. The first-order valence-corrected chi connectivity index (χ1v) is 7.28. The smallest absolute Gasteiger partial charge is 0.122 e. The number of nitrogens with one attached hydrogen (secondary N) is 1. The minimum absolute atomic E-state index is 0.277. The lowest BCUT2D eigenvalue weighted by molar-refractivity contribution is 0.455. The molecular formula is C17H23N3. The Morgan fingerprint density at radius 3 is 2.50 bits per heavy atom. The van der Waals surface area contributed by atoms with Crippen LogP contribution in [0.4, 0.5) is 0 Å². The van der Waals surface area contributed by atoms with Gasteiger partial charge in [0.15, 0.2) is 0 Å². The first-order chi connectivity index (χ1) is 9.55. The summed E-state index contributed by atoms with van der Waals surface area (Å²) in [6, 6.07) is 10.9. The van der Waals surface area contributed by atoms with Crippen molar-refractivity contribution >= 4 is 0 Å². The Kier molecular flexibility index (Phi) is 3.17. The summed E-state index contributed by atoms with van der Waals surface area (Å²) in [6.45, 7) is 6.57. The molecule has 106 valence electrons. The fourth-order valence-electron chi connectivity index (χ4n) is 3.32. The second-order valence-electron chi connectivity index (χ2n) is 6.57. The van der Waals surface area contributed by atoms with Gasteiger partial charge in [-0.2, -0.15) is 0 Å². The van der Waals surface area contributed by atoms with Crippen molar-refractivity contribution in [2.45, 2.75) is 32.2 Å². The SMILES string of the molecule is Cn1ccnc1CNCC1(c2ccccc2)CC1(C)C. The van der Waals surface area contributed by atoms with Crippen LogP contribution in [-0.4, -0.2) is 16.1 Å². The number of benzene rings is 1. The van der Waals surface area contributed by atoms with Crippen molar-refractivity contribution in [1.29, 1.82) is 0 Å².